The minimum Gasteiger partial charge on any atom is -0.491 e. The van der Waals surface area contributed by atoms with Gasteiger partial charge in [0.05, 0.1) is 16.7 Å². The molecule has 0 aliphatic heterocycles. The second kappa shape index (κ2) is 7.58. The van der Waals surface area contributed by atoms with E-state index >= 15 is 0 Å². The van der Waals surface area contributed by atoms with Gasteiger partial charge in [-0.1, -0.05) is 26.0 Å². The van der Waals surface area contributed by atoms with Crippen LogP contribution in [0.1, 0.15) is 36.6 Å². The van der Waals surface area contributed by atoms with Crippen LogP contribution in [-0.4, -0.2) is 23.1 Å². The van der Waals surface area contributed by atoms with E-state index in [1.165, 1.54) is 11.1 Å². The van der Waals surface area contributed by atoms with E-state index < -0.39 is 0 Å². The number of aryl methyl sites for hydroxylation is 2. The Bertz CT molecular complexity index is 644. The zero-order chi connectivity index (χ0) is 16.1. The van der Waals surface area contributed by atoms with Crippen LogP contribution < -0.4 is 10.1 Å². The van der Waals surface area contributed by atoms with Gasteiger partial charge in [-0.15, -0.1) is 0 Å². The van der Waals surface area contributed by atoms with Gasteiger partial charge in [-0.3, -0.25) is 0 Å². The Morgan fingerprint density at radius 3 is 2.68 bits per heavy atom. The van der Waals surface area contributed by atoms with Crippen LogP contribution in [0.5, 0.6) is 5.75 Å². The highest BCUT2D eigenvalue weighted by Crippen LogP contribution is 2.24. The van der Waals surface area contributed by atoms with Gasteiger partial charge in [0.1, 0.15) is 24.5 Å². The van der Waals surface area contributed by atoms with Gasteiger partial charge in [-0.05, 0) is 52.9 Å². The van der Waals surface area contributed by atoms with E-state index in [1.807, 2.05) is 6.92 Å². The van der Waals surface area contributed by atoms with Crippen molar-refractivity contribution >= 4 is 21.7 Å². The number of ether oxygens (including phenoxy) is 1. The Balaban J connectivity index is 1.88. The lowest BCUT2D eigenvalue weighted by molar-refractivity contribution is 0.330. The van der Waals surface area contributed by atoms with Gasteiger partial charge in [-0.25, -0.2) is 9.97 Å². The molecule has 4 nitrogen and oxygen atoms in total. The minimum absolute atomic E-state index is 0.535. The highest BCUT2D eigenvalue weighted by atomic mass is 79.9. The number of benzene rings is 1. The molecule has 0 fully saturated rings. The van der Waals surface area contributed by atoms with Crippen molar-refractivity contribution in [3.8, 4) is 5.75 Å². The molecule has 2 rings (SSSR count). The van der Waals surface area contributed by atoms with Gasteiger partial charge in [0.2, 0.25) is 0 Å². The van der Waals surface area contributed by atoms with Crippen LogP contribution in [-0.2, 0) is 0 Å². The molecule has 0 aliphatic carbocycles. The topological polar surface area (TPSA) is 47.0 Å². The van der Waals surface area contributed by atoms with Crippen molar-refractivity contribution in [2.45, 2.75) is 33.6 Å². The highest BCUT2D eigenvalue weighted by molar-refractivity contribution is 9.10. The van der Waals surface area contributed by atoms with Crippen LogP contribution in [0.3, 0.4) is 0 Å². The summed E-state index contributed by atoms with van der Waals surface area (Å²) < 4.78 is 6.74. The standard InChI is InChI=1S/C17H22BrN3O/c1-11(2)14-5-6-15(12(3)9-14)22-8-7-19-17-16(18)13(4)20-10-21-17/h5-6,9-11H,7-8H2,1-4H3,(H,19,20,21). The van der Waals surface area contributed by atoms with Gasteiger partial charge >= 0.3 is 0 Å². The summed E-state index contributed by atoms with van der Waals surface area (Å²) in [5, 5.41) is 3.25. The second-order valence-corrected chi connectivity index (χ2v) is 6.37. The van der Waals surface area contributed by atoms with Crippen molar-refractivity contribution < 1.29 is 4.74 Å². The number of anilines is 1. The van der Waals surface area contributed by atoms with E-state index in [9.17, 15) is 0 Å². The first kappa shape index (κ1) is 16.7. The Kier molecular flexibility index (Phi) is 5.77. The van der Waals surface area contributed by atoms with E-state index in [1.54, 1.807) is 6.33 Å². The van der Waals surface area contributed by atoms with Gasteiger partial charge in [-0.2, -0.15) is 0 Å². The van der Waals surface area contributed by atoms with Gasteiger partial charge in [0.15, 0.2) is 0 Å². The van der Waals surface area contributed by atoms with Crippen LogP contribution in [0.2, 0.25) is 0 Å². The first-order chi connectivity index (χ1) is 10.5. The molecule has 1 heterocycles. The number of hydrogen-bond donors (Lipinski definition) is 1. The Morgan fingerprint density at radius 2 is 2.00 bits per heavy atom. The fraction of sp³-hybridized carbons (Fsp3) is 0.412. The lowest BCUT2D eigenvalue weighted by Crippen LogP contribution is -2.13. The molecule has 5 heteroatoms. The van der Waals surface area contributed by atoms with Crippen molar-refractivity contribution in [1.29, 1.82) is 0 Å². The first-order valence-electron chi connectivity index (χ1n) is 7.43. The predicted molar refractivity (Wildman–Crippen MR) is 93.7 cm³/mol. The molecule has 0 radical (unpaired) electrons. The monoisotopic (exact) mass is 363 g/mol. The molecule has 22 heavy (non-hydrogen) atoms. The van der Waals surface area contributed by atoms with E-state index in [4.69, 9.17) is 4.74 Å². The number of rotatable bonds is 6. The minimum atomic E-state index is 0.535. The summed E-state index contributed by atoms with van der Waals surface area (Å²) in [6.45, 7) is 9.67. The summed E-state index contributed by atoms with van der Waals surface area (Å²) in [5.74, 6) is 2.26. The van der Waals surface area contributed by atoms with E-state index in [2.05, 4.69) is 70.2 Å². The summed E-state index contributed by atoms with van der Waals surface area (Å²) in [5.41, 5.74) is 3.42. The second-order valence-electron chi connectivity index (χ2n) is 5.58. The SMILES string of the molecule is Cc1cc(C(C)C)ccc1OCCNc1ncnc(C)c1Br. The third-order valence-electron chi connectivity index (χ3n) is 3.48. The number of nitrogens with zero attached hydrogens (tertiary/aromatic N) is 2. The summed E-state index contributed by atoms with van der Waals surface area (Å²) in [6.07, 6.45) is 1.55. The van der Waals surface area contributed by atoms with Crippen molar-refractivity contribution in [3.05, 3.63) is 45.8 Å². The largest absolute Gasteiger partial charge is 0.491 e. The molecule has 1 aromatic heterocycles. The summed E-state index contributed by atoms with van der Waals surface area (Å²) in [6, 6.07) is 6.37. The van der Waals surface area contributed by atoms with E-state index in [-0.39, 0.29) is 0 Å². The zero-order valence-electron chi connectivity index (χ0n) is 13.5. The number of nitrogens with one attached hydrogen (secondary N) is 1. The highest BCUT2D eigenvalue weighted by Gasteiger charge is 2.06. The van der Waals surface area contributed by atoms with Crippen molar-refractivity contribution in [3.63, 3.8) is 0 Å². The summed E-state index contributed by atoms with van der Waals surface area (Å²) in [7, 11) is 0. The molecule has 118 valence electrons. The van der Waals surface area contributed by atoms with Crippen LogP contribution in [0, 0.1) is 13.8 Å². The molecular weight excluding hydrogens is 342 g/mol. The maximum Gasteiger partial charge on any atom is 0.144 e. The van der Waals surface area contributed by atoms with Crippen LogP contribution >= 0.6 is 15.9 Å². The summed E-state index contributed by atoms with van der Waals surface area (Å²) >= 11 is 3.48. The van der Waals surface area contributed by atoms with Crippen LogP contribution in [0.15, 0.2) is 29.0 Å². The normalized spacial score (nSPS) is 10.8. The van der Waals surface area contributed by atoms with Crippen molar-refractivity contribution in [2.75, 3.05) is 18.5 Å². The van der Waals surface area contributed by atoms with Crippen LogP contribution in [0.4, 0.5) is 5.82 Å². The lowest BCUT2D eigenvalue weighted by Gasteiger charge is -2.13. The maximum absolute atomic E-state index is 5.84. The molecule has 0 saturated heterocycles. The Labute approximate surface area is 140 Å². The molecule has 0 aliphatic rings. The van der Waals surface area contributed by atoms with E-state index in [0.29, 0.717) is 19.1 Å². The fourth-order valence-corrected chi connectivity index (χ4v) is 2.45. The maximum atomic E-state index is 5.84. The smallest absolute Gasteiger partial charge is 0.144 e. The third-order valence-corrected chi connectivity index (χ3v) is 4.43. The van der Waals surface area contributed by atoms with E-state index in [0.717, 1.165) is 21.7 Å². The molecule has 1 N–H and O–H groups in total. The Morgan fingerprint density at radius 1 is 1.23 bits per heavy atom. The fourth-order valence-electron chi connectivity index (χ4n) is 2.11. The third kappa shape index (κ3) is 4.19. The molecule has 0 saturated carbocycles. The average molecular weight is 364 g/mol. The first-order valence-corrected chi connectivity index (χ1v) is 8.22. The number of hydrogen-bond acceptors (Lipinski definition) is 4. The quantitative estimate of drug-likeness (QED) is 0.769. The van der Waals surface area contributed by atoms with Crippen LogP contribution in [0.25, 0.3) is 0 Å². The van der Waals surface area contributed by atoms with Gasteiger partial charge in [0.25, 0.3) is 0 Å². The molecule has 0 atom stereocenters. The molecule has 1 aromatic carbocycles. The molecular formula is C17H22BrN3O. The van der Waals surface area contributed by atoms with Gasteiger partial charge < -0.3 is 10.1 Å². The Hall–Kier alpha value is -1.62. The van der Waals surface area contributed by atoms with Gasteiger partial charge in [0, 0.05) is 0 Å². The molecule has 0 bridgehead atoms. The molecule has 0 amide bonds. The lowest BCUT2D eigenvalue weighted by atomic mass is 10.0. The van der Waals surface area contributed by atoms with Crippen molar-refractivity contribution in [2.24, 2.45) is 0 Å². The zero-order valence-corrected chi connectivity index (χ0v) is 15.1. The molecule has 0 spiro atoms. The molecule has 0 unspecified atom stereocenters. The summed E-state index contributed by atoms with van der Waals surface area (Å²) in [4.78, 5) is 8.33. The predicted octanol–water partition coefficient (Wildman–Crippen LogP) is 4.47. The number of aromatic nitrogens is 2. The average Bonchev–Trinajstić information content (AvgIpc) is 2.48. The molecule has 2 aromatic rings. The van der Waals surface area contributed by atoms with Crippen molar-refractivity contribution in [1.82, 2.24) is 9.97 Å². The number of halogens is 1.